The zero-order valence-electron chi connectivity index (χ0n) is 11.9. The van der Waals surface area contributed by atoms with Gasteiger partial charge < -0.3 is 10.0 Å². The largest absolute Gasteiger partial charge is 0.395 e. The van der Waals surface area contributed by atoms with Gasteiger partial charge in [-0.15, -0.1) is 18.3 Å². The zero-order chi connectivity index (χ0) is 14.9. The minimum Gasteiger partial charge on any atom is -0.395 e. The predicted molar refractivity (Wildman–Crippen MR) is 87.5 cm³/mol. The summed E-state index contributed by atoms with van der Waals surface area (Å²) in [5.74, 6) is 1.63. The zero-order valence-corrected chi connectivity index (χ0v) is 12.7. The van der Waals surface area contributed by atoms with Crippen LogP contribution < -0.4 is 4.90 Å². The molecule has 0 aliphatic heterocycles. The first-order chi connectivity index (χ1) is 10.3. The van der Waals surface area contributed by atoms with Crippen LogP contribution in [0.5, 0.6) is 0 Å². The van der Waals surface area contributed by atoms with Gasteiger partial charge in [-0.2, -0.15) is 0 Å². The summed E-state index contributed by atoms with van der Waals surface area (Å²) >= 11 is 1.65. The second-order valence-corrected chi connectivity index (χ2v) is 5.44. The molecule has 21 heavy (non-hydrogen) atoms. The summed E-state index contributed by atoms with van der Waals surface area (Å²) in [5, 5.41) is 9.99. The number of nitrogens with zero attached hydrogens (tertiary/aromatic N) is 3. The molecule has 2 aromatic rings. The van der Waals surface area contributed by atoms with E-state index in [1.54, 1.807) is 30.2 Å². The summed E-state index contributed by atoms with van der Waals surface area (Å²) in [7, 11) is 0. The van der Waals surface area contributed by atoms with Crippen LogP contribution in [0.1, 0.15) is 5.56 Å². The third-order valence-electron chi connectivity index (χ3n) is 2.87. The summed E-state index contributed by atoms with van der Waals surface area (Å²) in [5.41, 5.74) is 1.26. The van der Waals surface area contributed by atoms with Crippen LogP contribution >= 0.6 is 11.8 Å². The topological polar surface area (TPSA) is 49.2 Å². The molecule has 0 unspecified atom stereocenters. The van der Waals surface area contributed by atoms with Gasteiger partial charge in [0, 0.05) is 18.8 Å². The summed E-state index contributed by atoms with van der Waals surface area (Å²) in [6.07, 6.45) is 5.27. The Bertz CT molecular complexity index is 562. The highest BCUT2D eigenvalue weighted by atomic mass is 32.2. The van der Waals surface area contributed by atoms with Gasteiger partial charge in [0.25, 0.3) is 0 Å². The molecule has 1 N–H and O–H groups in total. The van der Waals surface area contributed by atoms with Gasteiger partial charge in [0.05, 0.1) is 19.0 Å². The van der Waals surface area contributed by atoms with E-state index in [0.29, 0.717) is 13.1 Å². The van der Waals surface area contributed by atoms with Gasteiger partial charge >= 0.3 is 0 Å². The van der Waals surface area contributed by atoms with E-state index in [1.807, 2.05) is 23.1 Å². The van der Waals surface area contributed by atoms with Gasteiger partial charge in [0.1, 0.15) is 10.8 Å². The van der Waals surface area contributed by atoms with E-state index in [2.05, 4.69) is 28.7 Å². The molecule has 0 atom stereocenters. The molecule has 5 heteroatoms. The van der Waals surface area contributed by atoms with E-state index < -0.39 is 0 Å². The number of rotatable bonds is 8. The molecule has 1 aromatic carbocycles. The Labute approximate surface area is 129 Å². The highest BCUT2D eigenvalue weighted by Gasteiger charge is 2.07. The molecule has 0 radical (unpaired) electrons. The van der Waals surface area contributed by atoms with Crippen molar-refractivity contribution in [2.75, 3.05) is 24.6 Å². The first kappa shape index (κ1) is 15.5. The highest BCUT2D eigenvalue weighted by molar-refractivity contribution is 7.98. The minimum atomic E-state index is 0.0803. The van der Waals surface area contributed by atoms with Gasteiger partial charge in [-0.1, -0.05) is 36.4 Å². The number of aliphatic hydroxyl groups excluding tert-OH is 1. The molecule has 0 amide bonds. The Morgan fingerprint density at radius 2 is 2.05 bits per heavy atom. The lowest BCUT2D eigenvalue weighted by Gasteiger charge is -2.20. The van der Waals surface area contributed by atoms with E-state index in [1.165, 1.54) is 5.56 Å². The van der Waals surface area contributed by atoms with Crippen molar-refractivity contribution in [1.82, 2.24) is 9.97 Å². The van der Waals surface area contributed by atoms with Crippen molar-refractivity contribution in [2.24, 2.45) is 0 Å². The molecule has 0 aliphatic rings. The lowest BCUT2D eigenvalue weighted by atomic mass is 10.2. The van der Waals surface area contributed by atoms with Gasteiger partial charge in [0.15, 0.2) is 0 Å². The van der Waals surface area contributed by atoms with Crippen LogP contribution in [-0.4, -0.2) is 34.8 Å². The maximum Gasteiger partial charge on any atom is 0.148 e. The third-order valence-corrected chi connectivity index (χ3v) is 3.84. The average molecular weight is 301 g/mol. The van der Waals surface area contributed by atoms with E-state index in [-0.39, 0.29) is 6.61 Å². The molecule has 1 heterocycles. The second kappa shape index (κ2) is 8.44. The molecule has 0 bridgehead atoms. The lowest BCUT2D eigenvalue weighted by Crippen LogP contribution is -2.27. The average Bonchev–Trinajstić information content (AvgIpc) is 2.54. The Morgan fingerprint density at radius 3 is 2.76 bits per heavy atom. The van der Waals surface area contributed by atoms with Crippen molar-refractivity contribution in [3.63, 3.8) is 0 Å². The van der Waals surface area contributed by atoms with Gasteiger partial charge in [-0.25, -0.2) is 4.98 Å². The maximum absolute atomic E-state index is 9.12. The first-order valence-electron chi connectivity index (χ1n) is 6.79. The second-order valence-electron chi connectivity index (χ2n) is 4.45. The van der Waals surface area contributed by atoms with E-state index in [9.17, 15) is 0 Å². The van der Waals surface area contributed by atoms with E-state index in [0.717, 1.165) is 16.6 Å². The SMILES string of the molecule is C=CCN(CCO)c1cncc(SCc2ccccc2)n1. The molecule has 4 nitrogen and oxygen atoms in total. The highest BCUT2D eigenvalue weighted by Crippen LogP contribution is 2.22. The molecule has 1 aromatic heterocycles. The molecule has 0 aliphatic carbocycles. The number of thioether (sulfide) groups is 1. The van der Waals surface area contributed by atoms with Crippen LogP contribution in [0.3, 0.4) is 0 Å². The van der Waals surface area contributed by atoms with Crippen molar-refractivity contribution in [2.45, 2.75) is 10.8 Å². The summed E-state index contributed by atoms with van der Waals surface area (Å²) < 4.78 is 0. The van der Waals surface area contributed by atoms with Gasteiger partial charge in [0.2, 0.25) is 0 Å². The maximum atomic E-state index is 9.12. The normalized spacial score (nSPS) is 10.3. The van der Waals surface area contributed by atoms with Gasteiger partial charge in [-0.3, -0.25) is 4.98 Å². The van der Waals surface area contributed by atoms with Crippen LogP contribution in [0.15, 0.2) is 60.4 Å². The number of hydrogen-bond donors (Lipinski definition) is 1. The number of hydrogen-bond acceptors (Lipinski definition) is 5. The van der Waals surface area contributed by atoms with Crippen LogP contribution in [0.4, 0.5) is 5.82 Å². The van der Waals surface area contributed by atoms with Gasteiger partial charge in [-0.05, 0) is 5.56 Å². The van der Waals surface area contributed by atoms with Crippen LogP contribution in [-0.2, 0) is 5.75 Å². The number of aromatic nitrogens is 2. The molecule has 0 saturated heterocycles. The Morgan fingerprint density at radius 1 is 1.24 bits per heavy atom. The number of benzene rings is 1. The number of anilines is 1. The predicted octanol–water partition coefficient (Wildman–Crippen LogP) is 2.75. The molecular formula is C16H19N3OS. The monoisotopic (exact) mass is 301 g/mol. The summed E-state index contributed by atoms with van der Waals surface area (Å²) in [6, 6.07) is 10.3. The van der Waals surface area contributed by atoms with Crippen molar-refractivity contribution in [3.8, 4) is 0 Å². The molecule has 110 valence electrons. The van der Waals surface area contributed by atoms with E-state index >= 15 is 0 Å². The fraction of sp³-hybridized carbons (Fsp3) is 0.250. The van der Waals surface area contributed by atoms with Crippen LogP contribution in [0, 0.1) is 0 Å². The Balaban J connectivity index is 2.04. The molecular weight excluding hydrogens is 282 g/mol. The van der Waals surface area contributed by atoms with Crippen molar-refractivity contribution >= 4 is 17.6 Å². The van der Waals surface area contributed by atoms with Crippen LogP contribution in [0.25, 0.3) is 0 Å². The quantitative estimate of drug-likeness (QED) is 0.600. The van der Waals surface area contributed by atoms with Crippen LogP contribution in [0.2, 0.25) is 0 Å². The fourth-order valence-corrected chi connectivity index (χ4v) is 2.67. The molecule has 2 rings (SSSR count). The van der Waals surface area contributed by atoms with Crippen molar-refractivity contribution < 1.29 is 5.11 Å². The minimum absolute atomic E-state index is 0.0803. The Hall–Kier alpha value is -1.85. The van der Waals surface area contributed by atoms with Crippen molar-refractivity contribution in [3.05, 3.63) is 60.9 Å². The van der Waals surface area contributed by atoms with Crippen molar-refractivity contribution in [1.29, 1.82) is 0 Å². The van der Waals surface area contributed by atoms with E-state index in [4.69, 9.17) is 5.11 Å². The Kier molecular flexibility index (Phi) is 6.24. The summed E-state index contributed by atoms with van der Waals surface area (Å²) in [6.45, 7) is 4.97. The lowest BCUT2D eigenvalue weighted by molar-refractivity contribution is 0.302. The summed E-state index contributed by atoms with van der Waals surface area (Å²) in [4.78, 5) is 10.8. The standard InChI is InChI=1S/C16H19N3OS/c1-2-8-19(9-10-20)15-11-17-12-16(18-15)21-13-14-6-4-3-5-7-14/h2-7,11-12,20H,1,8-10,13H2. The third kappa shape index (κ3) is 4.88. The number of aliphatic hydroxyl groups is 1. The first-order valence-corrected chi connectivity index (χ1v) is 7.77. The molecule has 0 spiro atoms. The smallest absolute Gasteiger partial charge is 0.148 e. The molecule has 0 fully saturated rings. The fourth-order valence-electron chi connectivity index (χ4n) is 1.87. The molecule has 0 saturated carbocycles.